The number of hydrogen-bond acceptors (Lipinski definition) is 2. The molecule has 0 fully saturated rings. The molecule has 0 aliphatic rings. The Kier molecular flexibility index (Phi) is 2.50. The Morgan fingerprint density at radius 3 is 2.07 bits per heavy atom. The molecule has 1 N–H and O–H groups in total. The Morgan fingerprint density at radius 2 is 1.47 bits per heavy atom. The van der Waals surface area contributed by atoms with E-state index in [1.807, 2.05) is 0 Å². The molecule has 0 spiro atoms. The molecule has 2 aromatic carbocycles. The van der Waals surface area contributed by atoms with Gasteiger partial charge < -0.3 is 5.11 Å². The van der Waals surface area contributed by atoms with Gasteiger partial charge in [0.15, 0.2) is 5.78 Å². The average molecular weight is 197 g/mol. The van der Waals surface area contributed by atoms with E-state index in [0.29, 0.717) is 11.1 Å². The third kappa shape index (κ3) is 2.05. The van der Waals surface area contributed by atoms with Crippen LogP contribution in [0.3, 0.4) is 0 Å². The number of rotatable bonds is 2. The third-order valence-corrected chi connectivity index (χ3v) is 2.11. The molecule has 0 saturated carbocycles. The predicted octanol–water partition coefficient (Wildman–Crippen LogP) is 2.42. The highest BCUT2D eigenvalue weighted by Gasteiger charge is 2.07. The van der Waals surface area contributed by atoms with E-state index in [4.69, 9.17) is 5.11 Å². The highest BCUT2D eigenvalue weighted by molar-refractivity contribution is 6.08. The Bertz CT molecular complexity index is 458. The lowest BCUT2D eigenvalue weighted by molar-refractivity contribution is 0.103. The van der Waals surface area contributed by atoms with Crippen LogP contribution in [-0.2, 0) is 0 Å². The second-order valence-electron chi connectivity index (χ2n) is 3.16. The largest absolute Gasteiger partial charge is 0.508 e. The van der Waals surface area contributed by atoms with E-state index in [1.165, 1.54) is 12.1 Å². The van der Waals surface area contributed by atoms with Gasteiger partial charge in [0, 0.05) is 11.1 Å². The average Bonchev–Trinajstić information content (AvgIpc) is 2.30. The number of carbonyl (C=O) groups excluding carboxylic acids is 1. The first kappa shape index (κ1) is 9.46. The van der Waals surface area contributed by atoms with Gasteiger partial charge in [0.25, 0.3) is 0 Å². The van der Waals surface area contributed by atoms with E-state index in [0.717, 1.165) is 0 Å². The molecule has 1 radical (unpaired) electrons. The fraction of sp³-hybridized carbons (Fsp3) is 0. The van der Waals surface area contributed by atoms with Crippen LogP contribution in [0.1, 0.15) is 15.9 Å². The smallest absolute Gasteiger partial charge is 0.193 e. The fourth-order valence-corrected chi connectivity index (χ4v) is 1.32. The molecule has 0 aliphatic heterocycles. The van der Waals surface area contributed by atoms with Crippen LogP contribution < -0.4 is 0 Å². The van der Waals surface area contributed by atoms with E-state index >= 15 is 0 Å². The molecule has 0 amide bonds. The molecular weight excluding hydrogens is 188 g/mol. The lowest BCUT2D eigenvalue weighted by Crippen LogP contribution is -1.99. The minimum absolute atomic E-state index is 0.0519. The van der Waals surface area contributed by atoms with Crippen molar-refractivity contribution in [3.63, 3.8) is 0 Å². The molecule has 73 valence electrons. The standard InChI is InChI=1S/C13H9O2/c14-12-8-6-11(7-9-12)13(15)10-4-2-1-3-5-10/h2-9,14H. The topological polar surface area (TPSA) is 37.3 Å². The molecule has 0 aliphatic carbocycles. The molecule has 0 aromatic heterocycles. The number of hydrogen-bond donors (Lipinski definition) is 1. The summed E-state index contributed by atoms with van der Waals surface area (Å²) in [6.45, 7) is 0. The van der Waals surface area contributed by atoms with Crippen LogP contribution in [0.4, 0.5) is 0 Å². The van der Waals surface area contributed by atoms with Crippen LogP contribution in [0, 0.1) is 6.07 Å². The summed E-state index contributed by atoms with van der Waals surface area (Å²) in [4.78, 5) is 11.9. The van der Waals surface area contributed by atoms with Crippen molar-refractivity contribution in [2.75, 3.05) is 0 Å². The van der Waals surface area contributed by atoms with Crippen LogP contribution in [0.5, 0.6) is 5.75 Å². The molecule has 2 heteroatoms. The maximum Gasteiger partial charge on any atom is 0.193 e. The van der Waals surface area contributed by atoms with Crippen molar-refractivity contribution in [2.45, 2.75) is 0 Å². The first-order valence-corrected chi connectivity index (χ1v) is 4.57. The van der Waals surface area contributed by atoms with Crippen molar-refractivity contribution in [3.8, 4) is 5.75 Å². The summed E-state index contributed by atoms with van der Waals surface area (Å²) in [5.74, 6) is 0.108. The van der Waals surface area contributed by atoms with Crippen molar-refractivity contribution in [1.82, 2.24) is 0 Å². The summed E-state index contributed by atoms with van der Waals surface area (Å²) in [6, 6.07) is 15.9. The van der Waals surface area contributed by atoms with Gasteiger partial charge in [-0.2, -0.15) is 0 Å². The van der Waals surface area contributed by atoms with Gasteiger partial charge >= 0.3 is 0 Å². The molecule has 0 atom stereocenters. The number of carbonyl (C=O) groups is 1. The maximum absolute atomic E-state index is 11.9. The van der Waals surface area contributed by atoms with Crippen LogP contribution in [0.15, 0.2) is 48.5 Å². The Labute approximate surface area is 87.8 Å². The second-order valence-corrected chi connectivity index (χ2v) is 3.16. The van der Waals surface area contributed by atoms with Crippen molar-refractivity contribution >= 4 is 5.78 Å². The van der Waals surface area contributed by atoms with Crippen LogP contribution >= 0.6 is 0 Å². The van der Waals surface area contributed by atoms with Crippen LogP contribution in [0.25, 0.3) is 0 Å². The lowest BCUT2D eigenvalue weighted by Gasteiger charge is -2.00. The summed E-state index contributed by atoms with van der Waals surface area (Å²) in [7, 11) is 0. The van der Waals surface area contributed by atoms with E-state index < -0.39 is 0 Å². The first-order valence-electron chi connectivity index (χ1n) is 4.57. The van der Waals surface area contributed by atoms with Crippen molar-refractivity contribution in [3.05, 3.63) is 65.7 Å². The Balaban J connectivity index is 2.33. The van der Waals surface area contributed by atoms with Gasteiger partial charge in [0.2, 0.25) is 0 Å². The first-order chi connectivity index (χ1) is 7.27. The van der Waals surface area contributed by atoms with Gasteiger partial charge in [-0.1, -0.05) is 24.3 Å². The summed E-state index contributed by atoms with van der Waals surface area (Å²) >= 11 is 0. The summed E-state index contributed by atoms with van der Waals surface area (Å²) in [5, 5.41) is 9.09. The van der Waals surface area contributed by atoms with Crippen molar-refractivity contribution in [1.29, 1.82) is 0 Å². The van der Waals surface area contributed by atoms with Crippen molar-refractivity contribution in [2.24, 2.45) is 0 Å². The van der Waals surface area contributed by atoms with Gasteiger partial charge in [-0.05, 0) is 30.3 Å². The second kappa shape index (κ2) is 3.96. The fourth-order valence-electron chi connectivity index (χ4n) is 1.32. The lowest BCUT2D eigenvalue weighted by atomic mass is 10.0. The number of benzene rings is 2. The van der Waals surface area contributed by atoms with Crippen molar-refractivity contribution < 1.29 is 9.90 Å². The molecule has 0 unspecified atom stereocenters. The quantitative estimate of drug-likeness (QED) is 0.751. The minimum Gasteiger partial charge on any atom is -0.508 e. The minimum atomic E-state index is -0.0519. The zero-order valence-electron chi connectivity index (χ0n) is 7.97. The Morgan fingerprint density at radius 1 is 0.933 bits per heavy atom. The zero-order valence-corrected chi connectivity index (χ0v) is 7.97. The summed E-state index contributed by atoms with van der Waals surface area (Å²) in [5.41, 5.74) is 1.19. The number of aromatic hydroxyl groups is 1. The maximum atomic E-state index is 11.9. The molecule has 2 aromatic rings. The molecule has 0 heterocycles. The molecule has 15 heavy (non-hydrogen) atoms. The zero-order chi connectivity index (χ0) is 10.7. The molecule has 0 saturated heterocycles. The van der Waals surface area contributed by atoms with E-state index in [2.05, 4.69) is 6.07 Å². The number of phenols is 1. The predicted molar refractivity (Wildman–Crippen MR) is 56.8 cm³/mol. The van der Waals surface area contributed by atoms with E-state index in [9.17, 15) is 4.79 Å². The molecule has 2 nitrogen and oxygen atoms in total. The van der Waals surface area contributed by atoms with Gasteiger partial charge in [-0.15, -0.1) is 0 Å². The SMILES string of the molecule is O=C(c1cc[c]cc1)c1ccc(O)cc1. The molecular formula is C13H9O2. The van der Waals surface area contributed by atoms with Gasteiger partial charge in [-0.3, -0.25) is 4.79 Å². The highest BCUT2D eigenvalue weighted by atomic mass is 16.3. The van der Waals surface area contributed by atoms with Crippen LogP contribution in [0.2, 0.25) is 0 Å². The van der Waals surface area contributed by atoms with E-state index in [-0.39, 0.29) is 11.5 Å². The van der Waals surface area contributed by atoms with E-state index in [1.54, 1.807) is 36.4 Å². The highest BCUT2D eigenvalue weighted by Crippen LogP contribution is 2.13. The number of phenolic OH excluding ortho intramolecular Hbond substituents is 1. The van der Waals surface area contributed by atoms with Crippen LogP contribution in [-0.4, -0.2) is 10.9 Å². The van der Waals surface area contributed by atoms with Gasteiger partial charge in [0.1, 0.15) is 5.75 Å². The summed E-state index contributed by atoms with van der Waals surface area (Å²) < 4.78 is 0. The molecule has 0 bridgehead atoms. The number of ketones is 1. The summed E-state index contributed by atoms with van der Waals surface area (Å²) in [6.07, 6.45) is 0. The van der Waals surface area contributed by atoms with Gasteiger partial charge in [0.05, 0.1) is 0 Å². The normalized spacial score (nSPS) is 9.87. The third-order valence-electron chi connectivity index (χ3n) is 2.11. The monoisotopic (exact) mass is 197 g/mol. The van der Waals surface area contributed by atoms with Gasteiger partial charge in [-0.25, -0.2) is 0 Å². The molecule has 2 rings (SSSR count). The Hall–Kier alpha value is -2.09.